The topological polar surface area (TPSA) is 40.6 Å². The second-order valence-corrected chi connectivity index (χ2v) is 8.49. The molecule has 0 amide bonds. The maximum atomic E-state index is 12.3. The van der Waals surface area contributed by atoms with Gasteiger partial charge >= 0.3 is 0 Å². The van der Waals surface area contributed by atoms with Crippen molar-refractivity contribution in [1.82, 2.24) is 8.61 Å². The van der Waals surface area contributed by atoms with Gasteiger partial charge < -0.3 is 0 Å². The normalized spacial score (nSPS) is 22.9. The van der Waals surface area contributed by atoms with E-state index in [9.17, 15) is 8.42 Å². The van der Waals surface area contributed by atoms with Crippen LogP contribution < -0.4 is 0 Å². The molecule has 0 aromatic rings. The molecule has 0 aromatic carbocycles. The van der Waals surface area contributed by atoms with Crippen LogP contribution in [0.15, 0.2) is 0 Å². The SMILES string of the molecule is CN(CCCCl)S(=O)(=O)N1CCC(C(C)(C)C)C1. The number of rotatable bonds is 5. The van der Waals surface area contributed by atoms with Gasteiger partial charge in [0.1, 0.15) is 0 Å². The quantitative estimate of drug-likeness (QED) is 0.730. The lowest BCUT2D eigenvalue weighted by atomic mass is 9.80. The maximum Gasteiger partial charge on any atom is 0.281 e. The third-order valence-corrected chi connectivity index (χ3v) is 5.92. The summed E-state index contributed by atoms with van der Waals surface area (Å²) in [7, 11) is -1.66. The predicted octanol–water partition coefficient (Wildman–Crippen LogP) is 2.16. The van der Waals surface area contributed by atoms with Gasteiger partial charge in [-0.3, -0.25) is 0 Å². The summed E-state index contributed by atoms with van der Waals surface area (Å²) in [6, 6.07) is 0. The van der Waals surface area contributed by atoms with Crippen LogP contribution in [0.4, 0.5) is 0 Å². The highest BCUT2D eigenvalue weighted by Gasteiger charge is 2.38. The first-order chi connectivity index (χ1) is 8.19. The first kappa shape index (κ1) is 16.2. The molecule has 1 fully saturated rings. The molecule has 1 rings (SSSR count). The van der Waals surface area contributed by atoms with Crippen LogP contribution in [0.25, 0.3) is 0 Å². The highest BCUT2D eigenvalue weighted by molar-refractivity contribution is 7.86. The molecule has 1 heterocycles. The number of nitrogens with zero attached hydrogens (tertiary/aromatic N) is 2. The molecule has 0 aromatic heterocycles. The van der Waals surface area contributed by atoms with Gasteiger partial charge in [-0.1, -0.05) is 20.8 Å². The van der Waals surface area contributed by atoms with Crippen molar-refractivity contribution in [2.75, 3.05) is 32.6 Å². The van der Waals surface area contributed by atoms with E-state index in [-0.39, 0.29) is 5.41 Å². The Kier molecular flexibility index (Phi) is 5.47. The Bertz CT molecular complexity index is 365. The summed E-state index contributed by atoms with van der Waals surface area (Å²) < 4.78 is 27.7. The first-order valence-corrected chi connectivity index (χ1v) is 8.40. The number of hydrogen-bond donors (Lipinski definition) is 0. The molecule has 0 spiro atoms. The third-order valence-electron chi connectivity index (χ3n) is 3.70. The third kappa shape index (κ3) is 3.83. The van der Waals surface area contributed by atoms with Crippen LogP contribution in [0, 0.1) is 11.3 Å². The summed E-state index contributed by atoms with van der Waals surface area (Å²) in [5.74, 6) is 0.929. The van der Waals surface area contributed by atoms with Gasteiger partial charge in [-0.05, 0) is 24.2 Å². The molecule has 1 aliphatic rings. The van der Waals surface area contributed by atoms with E-state index in [0.717, 1.165) is 6.42 Å². The summed E-state index contributed by atoms with van der Waals surface area (Å²) in [6.45, 7) is 8.27. The lowest BCUT2D eigenvalue weighted by Crippen LogP contribution is -2.41. The Morgan fingerprint density at radius 3 is 2.44 bits per heavy atom. The average molecular weight is 297 g/mol. The van der Waals surface area contributed by atoms with Gasteiger partial charge in [0.2, 0.25) is 0 Å². The predicted molar refractivity (Wildman–Crippen MR) is 76.0 cm³/mol. The largest absolute Gasteiger partial charge is 0.281 e. The fourth-order valence-corrected chi connectivity index (χ4v) is 3.82. The van der Waals surface area contributed by atoms with Gasteiger partial charge in [0.05, 0.1) is 0 Å². The number of alkyl halides is 1. The molecule has 0 bridgehead atoms. The molecule has 0 N–H and O–H groups in total. The molecule has 0 aliphatic carbocycles. The molecule has 6 heteroatoms. The molecule has 4 nitrogen and oxygen atoms in total. The van der Waals surface area contributed by atoms with Crippen molar-refractivity contribution >= 4 is 21.8 Å². The van der Waals surface area contributed by atoms with Crippen molar-refractivity contribution in [3.8, 4) is 0 Å². The van der Waals surface area contributed by atoms with Crippen molar-refractivity contribution in [2.45, 2.75) is 33.6 Å². The number of halogens is 1. The zero-order valence-electron chi connectivity index (χ0n) is 11.8. The van der Waals surface area contributed by atoms with Crippen molar-refractivity contribution in [3.05, 3.63) is 0 Å². The highest BCUT2D eigenvalue weighted by atomic mass is 35.5. The van der Waals surface area contributed by atoms with Crippen molar-refractivity contribution in [1.29, 1.82) is 0 Å². The molecule has 1 aliphatic heterocycles. The molecular formula is C12H25ClN2O2S. The summed E-state index contributed by atoms with van der Waals surface area (Å²) in [5, 5.41) is 0. The molecule has 0 radical (unpaired) electrons. The highest BCUT2D eigenvalue weighted by Crippen LogP contribution is 2.34. The van der Waals surface area contributed by atoms with Crippen molar-refractivity contribution < 1.29 is 8.42 Å². The lowest BCUT2D eigenvalue weighted by molar-refractivity contribution is 0.249. The van der Waals surface area contributed by atoms with Crippen molar-refractivity contribution in [3.63, 3.8) is 0 Å². The van der Waals surface area contributed by atoms with Gasteiger partial charge in [-0.25, -0.2) is 0 Å². The van der Waals surface area contributed by atoms with Gasteiger partial charge in [0.25, 0.3) is 10.2 Å². The van der Waals surface area contributed by atoms with Crippen LogP contribution in [0.2, 0.25) is 0 Å². The van der Waals surface area contributed by atoms with Gasteiger partial charge in [0.15, 0.2) is 0 Å². The van der Waals surface area contributed by atoms with Crippen molar-refractivity contribution in [2.24, 2.45) is 11.3 Å². The van der Waals surface area contributed by atoms with E-state index in [1.807, 2.05) is 0 Å². The van der Waals surface area contributed by atoms with Gasteiger partial charge in [-0.2, -0.15) is 17.0 Å². The van der Waals surface area contributed by atoms with Crippen LogP contribution in [-0.2, 0) is 10.2 Å². The zero-order chi connectivity index (χ0) is 14.0. The van der Waals surface area contributed by atoms with E-state index in [1.54, 1.807) is 11.4 Å². The lowest BCUT2D eigenvalue weighted by Gasteiger charge is -2.28. The molecular weight excluding hydrogens is 272 g/mol. The van der Waals surface area contributed by atoms with Crippen LogP contribution >= 0.6 is 11.6 Å². The Morgan fingerprint density at radius 1 is 1.39 bits per heavy atom. The standard InChI is InChI=1S/C12H25ClN2O2S/c1-12(2,3)11-6-9-15(10-11)18(16,17)14(4)8-5-7-13/h11H,5-10H2,1-4H3. The molecule has 108 valence electrons. The molecule has 0 saturated carbocycles. The Labute approximate surface area is 116 Å². The second kappa shape index (κ2) is 6.07. The minimum Gasteiger partial charge on any atom is -0.195 e. The smallest absolute Gasteiger partial charge is 0.195 e. The summed E-state index contributed by atoms with van der Waals surface area (Å²) in [4.78, 5) is 0. The second-order valence-electron chi connectivity index (χ2n) is 6.08. The Balaban J connectivity index is 2.66. The maximum absolute atomic E-state index is 12.3. The number of hydrogen-bond acceptors (Lipinski definition) is 2. The fraction of sp³-hybridized carbons (Fsp3) is 1.00. The monoisotopic (exact) mass is 296 g/mol. The van der Waals surface area contributed by atoms with Crippen LogP contribution in [0.5, 0.6) is 0 Å². The molecule has 1 saturated heterocycles. The summed E-state index contributed by atoms with van der Waals surface area (Å²) in [6.07, 6.45) is 1.64. The first-order valence-electron chi connectivity index (χ1n) is 6.47. The average Bonchev–Trinajstić information content (AvgIpc) is 2.74. The molecule has 1 unspecified atom stereocenters. The minimum absolute atomic E-state index is 0.166. The minimum atomic E-state index is -3.30. The van der Waals surface area contributed by atoms with Crippen LogP contribution in [0.3, 0.4) is 0 Å². The summed E-state index contributed by atoms with van der Waals surface area (Å²) in [5.41, 5.74) is 0.166. The summed E-state index contributed by atoms with van der Waals surface area (Å²) >= 11 is 5.60. The van der Waals surface area contributed by atoms with Gasteiger partial charge in [-0.15, -0.1) is 11.6 Å². The Hall–Kier alpha value is 0.160. The van der Waals surface area contributed by atoms with E-state index >= 15 is 0 Å². The van der Waals surface area contributed by atoms with E-state index in [1.165, 1.54) is 4.31 Å². The Morgan fingerprint density at radius 2 is 2.00 bits per heavy atom. The van der Waals surface area contributed by atoms with E-state index < -0.39 is 10.2 Å². The van der Waals surface area contributed by atoms with Crippen LogP contribution in [-0.4, -0.2) is 49.6 Å². The van der Waals surface area contributed by atoms with E-state index in [4.69, 9.17) is 11.6 Å². The van der Waals surface area contributed by atoms with Crippen LogP contribution in [0.1, 0.15) is 33.6 Å². The van der Waals surface area contributed by atoms with E-state index in [2.05, 4.69) is 20.8 Å². The van der Waals surface area contributed by atoms with E-state index in [0.29, 0.717) is 37.9 Å². The zero-order valence-corrected chi connectivity index (χ0v) is 13.4. The fourth-order valence-electron chi connectivity index (χ4n) is 2.24. The molecule has 18 heavy (non-hydrogen) atoms. The van der Waals surface area contributed by atoms with Gasteiger partial charge in [0, 0.05) is 32.6 Å². The molecule has 1 atom stereocenters.